The van der Waals surface area contributed by atoms with Crippen LogP contribution in [0.25, 0.3) is 0 Å². The molecule has 6 heteroatoms. The average molecular weight is 785 g/mol. The predicted octanol–water partition coefficient (Wildman–Crippen LogP) is 15.1. The molecule has 0 N–H and O–H groups in total. The molecule has 0 bridgehead atoms. The fourth-order valence-corrected chi connectivity index (χ4v) is 6.47. The first-order valence-corrected chi connectivity index (χ1v) is 23.6. The molecular weight excluding hydrogens is 697 g/mol. The van der Waals surface area contributed by atoms with Gasteiger partial charge in [-0.25, -0.2) is 0 Å². The Kier molecular flexibility index (Phi) is 43.0. The second kappa shape index (κ2) is 45.1. The molecule has 0 aromatic heterocycles. The third kappa shape index (κ3) is 42.5. The van der Waals surface area contributed by atoms with E-state index in [1.807, 2.05) is 0 Å². The van der Waals surface area contributed by atoms with Crippen LogP contribution in [-0.4, -0.2) is 37.2 Å². The van der Waals surface area contributed by atoms with Crippen molar-refractivity contribution in [1.82, 2.24) is 0 Å². The van der Waals surface area contributed by atoms with Crippen LogP contribution >= 0.6 is 0 Å². The van der Waals surface area contributed by atoms with Gasteiger partial charge in [0.1, 0.15) is 13.2 Å². The van der Waals surface area contributed by atoms with Crippen LogP contribution in [0.5, 0.6) is 0 Å². The zero-order chi connectivity index (χ0) is 40.8. The van der Waals surface area contributed by atoms with Crippen LogP contribution in [0.4, 0.5) is 0 Å². The van der Waals surface area contributed by atoms with E-state index in [4.69, 9.17) is 14.2 Å². The van der Waals surface area contributed by atoms with Gasteiger partial charge in [0.25, 0.3) is 0 Å². The molecule has 0 saturated carbocycles. The van der Waals surface area contributed by atoms with Crippen LogP contribution in [-0.2, 0) is 28.6 Å². The second-order valence-electron chi connectivity index (χ2n) is 15.6. The Morgan fingerprint density at radius 2 is 0.696 bits per heavy atom. The summed E-state index contributed by atoms with van der Waals surface area (Å²) < 4.78 is 16.7. The summed E-state index contributed by atoms with van der Waals surface area (Å²) in [6.45, 7) is 6.44. The van der Waals surface area contributed by atoms with Gasteiger partial charge in [0.05, 0.1) is 0 Å². The van der Waals surface area contributed by atoms with Crippen molar-refractivity contribution in [1.29, 1.82) is 0 Å². The van der Waals surface area contributed by atoms with Crippen LogP contribution in [0.2, 0.25) is 0 Å². The number of ether oxygens (including phenoxy) is 3. The number of unbranched alkanes of at least 4 members (excludes halogenated alkanes) is 23. The topological polar surface area (TPSA) is 78.9 Å². The maximum atomic E-state index is 12.7. The Morgan fingerprint density at radius 1 is 0.375 bits per heavy atom. The van der Waals surface area contributed by atoms with Crippen molar-refractivity contribution in [2.45, 2.75) is 239 Å². The lowest BCUT2D eigenvalue weighted by atomic mass is 10.1. The summed E-state index contributed by atoms with van der Waals surface area (Å²) in [6.07, 6.45) is 52.5. The maximum absolute atomic E-state index is 12.7. The second-order valence-corrected chi connectivity index (χ2v) is 15.6. The lowest BCUT2D eigenvalue weighted by molar-refractivity contribution is -0.167. The number of carbonyl (C=O) groups is 3. The zero-order valence-corrected chi connectivity index (χ0v) is 36.9. The molecule has 0 rings (SSSR count). The molecule has 0 aliphatic heterocycles. The molecular formula is C50H88O6. The summed E-state index contributed by atoms with van der Waals surface area (Å²) in [5.74, 6) is -0.941. The third-order valence-electron chi connectivity index (χ3n) is 10.0. The van der Waals surface area contributed by atoms with E-state index < -0.39 is 6.10 Å². The molecule has 0 amide bonds. The van der Waals surface area contributed by atoms with Crippen molar-refractivity contribution >= 4 is 17.9 Å². The van der Waals surface area contributed by atoms with Gasteiger partial charge in [0.15, 0.2) is 6.10 Å². The fourth-order valence-electron chi connectivity index (χ4n) is 6.47. The molecule has 0 aliphatic rings. The number of carbonyl (C=O) groups excluding carboxylic acids is 3. The minimum Gasteiger partial charge on any atom is -0.462 e. The van der Waals surface area contributed by atoms with Gasteiger partial charge in [-0.2, -0.15) is 0 Å². The molecule has 0 radical (unpaired) electrons. The van der Waals surface area contributed by atoms with E-state index >= 15 is 0 Å². The van der Waals surface area contributed by atoms with Crippen LogP contribution < -0.4 is 0 Å². The lowest BCUT2D eigenvalue weighted by Gasteiger charge is -2.18. The van der Waals surface area contributed by atoms with Crippen molar-refractivity contribution in [3.8, 4) is 0 Å². The first kappa shape index (κ1) is 53.4. The number of allylic oxidation sites excluding steroid dienone is 8. The van der Waals surface area contributed by atoms with Crippen molar-refractivity contribution in [3.05, 3.63) is 48.6 Å². The monoisotopic (exact) mass is 785 g/mol. The zero-order valence-electron chi connectivity index (χ0n) is 36.9. The van der Waals surface area contributed by atoms with Crippen LogP contribution in [0, 0.1) is 0 Å². The number of hydrogen-bond acceptors (Lipinski definition) is 6. The lowest BCUT2D eigenvalue weighted by Crippen LogP contribution is -2.30. The normalized spacial score (nSPS) is 12.4. The van der Waals surface area contributed by atoms with Gasteiger partial charge in [-0.05, 0) is 96.3 Å². The quantitative estimate of drug-likeness (QED) is 0.0265. The van der Waals surface area contributed by atoms with Crippen LogP contribution in [0.15, 0.2) is 48.6 Å². The summed E-state index contributed by atoms with van der Waals surface area (Å²) >= 11 is 0. The molecule has 0 saturated heterocycles. The van der Waals surface area contributed by atoms with E-state index in [9.17, 15) is 14.4 Å². The fraction of sp³-hybridized carbons (Fsp3) is 0.780. The molecule has 0 aromatic carbocycles. The molecule has 0 fully saturated rings. The van der Waals surface area contributed by atoms with Crippen LogP contribution in [0.1, 0.15) is 233 Å². The Morgan fingerprint density at radius 3 is 1.16 bits per heavy atom. The van der Waals surface area contributed by atoms with E-state index in [0.29, 0.717) is 19.3 Å². The molecule has 324 valence electrons. The highest BCUT2D eigenvalue weighted by Crippen LogP contribution is 2.14. The molecule has 1 atom stereocenters. The van der Waals surface area contributed by atoms with E-state index in [2.05, 4.69) is 69.4 Å². The summed E-state index contributed by atoms with van der Waals surface area (Å²) in [4.78, 5) is 37.7. The summed E-state index contributed by atoms with van der Waals surface area (Å²) in [7, 11) is 0. The van der Waals surface area contributed by atoms with Gasteiger partial charge in [0.2, 0.25) is 0 Å². The van der Waals surface area contributed by atoms with Crippen molar-refractivity contribution in [3.63, 3.8) is 0 Å². The Balaban J connectivity index is 4.34. The van der Waals surface area contributed by atoms with Gasteiger partial charge in [-0.3, -0.25) is 14.4 Å². The highest BCUT2D eigenvalue weighted by Gasteiger charge is 2.19. The Labute approximate surface area is 346 Å². The molecule has 0 aromatic rings. The van der Waals surface area contributed by atoms with Crippen molar-refractivity contribution in [2.24, 2.45) is 0 Å². The molecule has 0 aliphatic carbocycles. The molecule has 0 spiro atoms. The number of rotatable bonds is 42. The smallest absolute Gasteiger partial charge is 0.306 e. The molecule has 1 unspecified atom stereocenters. The largest absolute Gasteiger partial charge is 0.462 e. The van der Waals surface area contributed by atoms with E-state index in [-0.39, 0.29) is 31.1 Å². The average Bonchev–Trinajstić information content (AvgIpc) is 3.19. The molecule has 56 heavy (non-hydrogen) atoms. The minimum atomic E-state index is -0.788. The highest BCUT2D eigenvalue weighted by atomic mass is 16.6. The summed E-state index contributed by atoms with van der Waals surface area (Å²) in [5, 5.41) is 0. The summed E-state index contributed by atoms with van der Waals surface area (Å²) in [6, 6.07) is 0. The predicted molar refractivity (Wildman–Crippen MR) is 238 cm³/mol. The Bertz CT molecular complexity index is 996. The SMILES string of the molecule is CC/C=C\C/C=C\CCCCC(=O)OCC(COC(=O)CCCCCCCCC/C=C\CCCCCCCC)OC(=O)CCCCCCC/C=C\CCCCC. The number of hydrogen-bond donors (Lipinski definition) is 0. The summed E-state index contributed by atoms with van der Waals surface area (Å²) in [5.41, 5.74) is 0. The molecule has 6 nitrogen and oxygen atoms in total. The van der Waals surface area contributed by atoms with E-state index in [1.54, 1.807) is 0 Å². The van der Waals surface area contributed by atoms with E-state index in [1.165, 1.54) is 109 Å². The van der Waals surface area contributed by atoms with Crippen molar-refractivity contribution < 1.29 is 28.6 Å². The van der Waals surface area contributed by atoms with Gasteiger partial charge in [-0.15, -0.1) is 0 Å². The maximum Gasteiger partial charge on any atom is 0.306 e. The first-order chi connectivity index (χ1) is 27.5. The van der Waals surface area contributed by atoms with Gasteiger partial charge >= 0.3 is 17.9 Å². The van der Waals surface area contributed by atoms with Crippen molar-refractivity contribution in [2.75, 3.05) is 13.2 Å². The molecule has 0 heterocycles. The Hall–Kier alpha value is -2.63. The highest BCUT2D eigenvalue weighted by molar-refractivity contribution is 5.71. The van der Waals surface area contributed by atoms with Gasteiger partial charge in [-0.1, -0.05) is 166 Å². The van der Waals surface area contributed by atoms with E-state index in [0.717, 1.165) is 83.5 Å². The number of esters is 3. The minimum absolute atomic E-state index is 0.0888. The first-order valence-electron chi connectivity index (χ1n) is 23.6. The van der Waals surface area contributed by atoms with Gasteiger partial charge < -0.3 is 14.2 Å². The third-order valence-corrected chi connectivity index (χ3v) is 10.0. The van der Waals surface area contributed by atoms with Crippen LogP contribution in [0.3, 0.4) is 0 Å². The standard InChI is InChI=1S/C50H88O6/c1-4-7-10-13-16-19-21-23-24-25-26-27-29-31-34-37-40-43-49(52)55-46-47(45-54-48(51)42-39-36-33-30-18-15-12-9-6-3)56-50(53)44-41-38-35-32-28-22-20-17-14-11-8-5-2/h9,12,17-18,20,23-24,30,47H,4-8,10-11,13-16,19,21-22,25-29,31-46H2,1-3H3/b12-9-,20-17-,24-23-,30-18-. The van der Waals surface area contributed by atoms with Gasteiger partial charge in [0, 0.05) is 19.3 Å².